The molecule has 6 nitrogen and oxygen atoms in total. The van der Waals surface area contributed by atoms with Gasteiger partial charge in [0.2, 0.25) is 11.8 Å². The van der Waals surface area contributed by atoms with E-state index in [4.69, 9.17) is 4.74 Å². The van der Waals surface area contributed by atoms with Gasteiger partial charge in [-0.15, -0.1) is 0 Å². The van der Waals surface area contributed by atoms with Gasteiger partial charge in [0.05, 0.1) is 13.2 Å². The lowest BCUT2D eigenvalue weighted by molar-refractivity contribution is -0.143. The maximum absolute atomic E-state index is 13.1. The lowest BCUT2D eigenvalue weighted by atomic mass is 10.1. The minimum Gasteiger partial charge on any atom is -0.496 e. The fourth-order valence-electron chi connectivity index (χ4n) is 3.38. The zero-order valence-electron chi connectivity index (χ0n) is 14.1. The molecule has 1 N–H and O–H groups in total. The highest BCUT2D eigenvalue weighted by atomic mass is 16.5. The van der Waals surface area contributed by atoms with E-state index in [9.17, 15) is 14.7 Å². The number of hydrogen-bond acceptors (Lipinski definition) is 4. The number of ether oxygens (including phenoxy) is 1. The van der Waals surface area contributed by atoms with Gasteiger partial charge >= 0.3 is 0 Å². The molecular formula is C18H24N2O4. The van der Waals surface area contributed by atoms with Crippen LogP contribution in [0.3, 0.4) is 0 Å². The normalized spacial score (nSPS) is 23.2. The lowest BCUT2D eigenvalue weighted by Gasteiger charge is -2.30. The number of hydrogen-bond donors (Lipinski definition) is 1. The van der Waals surface area contributed by atoms with Gasteiger partial charge in [-0.3, -0.25) is 9.59 Å². The maximum atomic E-state index is 13.1. The third kappa shape index (κ3) is 3.38. The van der Waals surface area contributed by atoms with Gasteiger partial charge in [-0.05, 0) is 18.9 Å². The number of para-hydroxylation sites is 1. The molecule has 1 saturated heterocycles. The van der Waals surface area contributed by atoms with E-state index in [1.807, 2.05) is 29.2 Å². The number of nitrogens with zero attached hydrogens (tertiary/aromatic N) is 2. The topological polar surface area (TPSA) is 70.1 Å². The smallest absolute Gasteiger partial charge is 0.246 e. The molecule has 1 aliphatic heterocycles. The van der Waals surface area contributed by atoms with Gasteiger partial charge in [0.15, 0.2) is 0 Å². The van der Waals surface area contributed by atoms with Crippen LogP contribution < -0.4 is 4.74 Å². The molecule has 0 unspecified atom stereocenters. The van der Waals surface area contributed by atoms with E-state index >= 15 is 0 Å². The number of benzene rings is 1. The molecule has 6 heteroatoms. The summed E-state index contributed by atoms with van der Waals surface area (Å²) >= 11 is 0. The van der Waals surface area contributed by atoms with Crippen molar-refractivity contribution >= 4 is 11.8 Å². The first-order valence-corrected chi connectivity index (χ1v) is 8.39. The fourth-order valence-corrected chi connectivity index (χ4v) is 3.38. The van der Waals surface area contributed by atoms with Crippen molar-refractivity contribution in [3.05, 3.63) is 29.8 Å². The van der Waals surface area contributed by atoms with Gasteiger partial charge < -0.3 is 19.6 Å². The van der Waals surface area contributed by atoms with Gasteiger partial charge in [-0.2, -0.15) is 0 Å². The van der Waals surface area contributed by atoms with Crippen LogP contribution in [0, 0.1) is 0 Å². The number of likely N-dealkylation sites (tertiary alicyclic amines) is 1. The zero-order chi connectivity index (χ0) is 17.3. The summed E-state index contributed by atoms with van der Waals surface area (Å²) in [6.45, 7) is 2.14. The molecule has 1 aromatic carbocycles. The number of rotatable bonds is 5. The Morgan fingerprint density at radius 1 is 1.33 bits per heavy atom. The predicted molar refractivity (Wildman–Crippen MR) is 88.4 cm³/mol. The molecule has 0 aromatic heterocycles. The van der Waals surface area contributed by atoms with Crippen molar-refractivity contribution in [1.29, 1.82) is 0 Å². The SMILES string of the molecule is COc1ccccc1CN(C(=O)[C@H]1C[C@@H](O)CN1C(C)=O)C1CC1. The Bertz CT molecular complexity index is 629. The Hall–Kier alpha value is -2.08. The van der Waals surface area contributed by atoms with E-state index in [0.717, 1.165) is 24.2 Å². The standard InChI is InChI=1S/C18H24N2O4/c1-12(21)19-11-15(22)9-16(19)18(23)20(14-7-8-14)10-13-5-3-4-6-17(13)24-2/h3-6,14-16,22H,7-11H2,1-2H3/t15-,16-/m1/s1. The average Bonchev–Trinajstić information content (AvgIpc) is 3.33. The van der Waals surface area contributed by atoms with Gasteiger partial charge in [0.1, 0.15) is 11.8 Å². The molecule has 0 radical (unpaired) electrons. The Morgan fingerprint density at radius 3 is 2.67 bits per heavy atom. The van der Waals surface area contributed by atoms with Crippen molar-refractivity contribution < 1.29 is 19.4 Å². The van der Waals surface area contributed by atoms with Gasteiger partial charge in [-0.25, -0.2) is 0 Å². The van der Waals surface area contributed by atoms with E-state index < -0.39 is 12.1 Å². The first kappa shape index (κ1) is 16.8. The molecule has 2 atom stereocenters. The van der Waals surface area contributed by atoms with E-state index in [1.165, 1.54) is 11.8 Å². The first-order chi connectivity index (χ1) is 11.5. The quantitative estimate of drug-likeness (QED) is 0.879. The molecule has 1 aromatic rings. The van der Waals surface area contributed by atoms with E-state index in [2.05, 4.69) is 0 Å². The number of β-amino-alcohol motifs (C(OH)–C–C–N with tert-alkyl or cyclic N) is 1. The molecule has 2 fully saturated rings. The van der Waals surface area contributed by atoms with Gasteiger partial charge in [-0.1, -0.05) is 18.2 Å². The number of carbonyl (C=O) groups is 2. The molecule has 0 spiro atoms. The summed E-state index contributed by atoms with van der Waals surface area (Å²) in [5.41, 5.74) is 0.952. The molecule has 1 aliphatic carbocycles. The Morgan fingerprint density at radius 2 is 2.04 bits per heavy atom. The molecule has 0 bridgehead atoms. The fraction of sp³-hybridized carbons (Fsp3) is 0.556. The summed E-state index contributed by atoms with van der Waals surface area (Å²) in [5, 5.41) is 9.89. The van der Waals surface area contributed by atoms with Crippen molar-refractivity contribution in [2.75, 3.05) is 13.7 Å². The second kappa shape index (κ2) is 6.81. The van der Waals surface area contributed by atoms with Crippen LogP contribution in [0.25, 0.3) is 0 Å². The molecule has 3 rings (SSSR count). The number of aliphatic hydroxyl groups is 1. The molecule has 130 valence electrons. The predicted octanol–water partition coefficient (Wildman–Crippen LogP) is 1.17. The summed E-state index contributed by atoms with van der Waals surface area (Å²) in [7, 11) is 1.62. The largest absolute Gasteiger partial charge is 0.496 e. The van der Waals surface area contributed by atoms with E-state index in [-0.39, 0.29) is 24.4 Å². The summed E-state index contributed by atoms with van der Waals surface area (Å²) in [5.74, 6) is 0.513. The van der Waals surface area contributed by atoms with E-state index in [1.54, 1.807) is 7.11 Å². The zero-order valence-corrected chi connectivity index (χ0v) is 14.1. The number of carbonyl (C=O) groups excluding carboxylic acids is 2. The monoisotopic (exact) mass is 332 g/mol. The molecule has 1 heterocycles. The van der Waals surface area contributed by atoms with Crippen molar-refractivity contribution in [1.82, 2.24) is 9.80 Å². The molecule has 24 heavy (non-hydrogen) atoms. The first-order valence-electron chi connectivity index (χ1n) is 8.39. The van der Waals surface area contributed by atoms with Crippen LogP contribution in [0.2, 0.25) is 0 Å². The van der Waals surface area contributed by atoms with Crippen molar-refractivity contribution in [2.24, 2.45) is 0 Å². The van der Waals surface area contributed by atoms with Crippen LogP contribution in [-0.2, 0) is 16.1 Å². The third-order valence-corrected chi connectivity index (χ3v) is 4.77. The van der Waals surface area contributed by atoms with Crippen LogP contribution in [0.1, 0.15) is 31.7 Å². The van der Waals surface area contributed by atoms with Crippen LogP contribution in [-0.4, -0.2) is 58.6 Å². The Kier molecular flexibility index (Phi) is 4.76. The van der Waals surface area contributed by atoms with Crippen molar-refractivity contribution in [3.63, 3.8) is 0 Å². The third-order valence-electron chi connectivity index (χ3n) is 4.77. The second-order valence-corrected chi connectivity index (χ2v) is 6.59. The summed E-state index contributed by atoms with van der Waals surface area (Å²) in [4.78, 5) is 28.2. The van der Waals surface area contributed by atoms with Crippen LogP contribution in [0.5, 0.6) is 5.75 Å². The summed E-state index contributed by atoms with van der Waals surface area (Å²) in [6.07, 6.45) is 1.65. The van der Waals surface area contributed by atoms with Crippen LogP contribution >= 0.6 is 0 Å². The van der Waals surface area contributed by atoms with Crippen LogP contribution in [0.4, 0.5) is 0 Å². The molecule has 2 aliphatic rings. The van der Waals surface area contributed by atoms with Crippen molar-refractivity contribution in [2.45, 2.75) is 50.9 Å². The number of methoxy groups -OCH3 is 1. The maximum Gasteiger partial charge on any atom is 0.246 e. The summed E-state index contributed by atoms with van der Waals surface area (Å²) in [6, 6.07) is 7.31. The van der Waals surface area contributed by atoms with Gasteiger partial charge in [0, 0.05) is 38.0 Å². The highest BCUT2D eigenvalue weighted by Gasteiger charge is 2.43. The minimum atomic E-state index is -0.629. The van der Waals surface area contributed by atoms with Crippen molar-refractivity contribution in [3.8, 4) is 5.75 Å². The van der Waals surface area contributed by atoms with E-state index in [0.29, 0.717) is 13.0 Å². The Labute approximate surface area is 142 Å². The molecule has 2 amide bonds. The minimum absolute atomic E-state index is 0.0739. The highest BCUT2D eigenvalue weighted by molar-refractivity contribution is 5.88. The average molecular weight is 332 g/mol. The Balaban J connectivity index is 1.80. The van der Waals surface area contributed by atoms with Crippen LogP contribution in [0.15, 0.2) is 24.3 Å². The highest BCUT2D eigenvalue weighted by Crippen LogP contribution is 2.33. The number of aliphatic hydroxyl groups excluding tert-OH is 1. The summed E-state index contributed by atoms with van der Waals surface area (Å²) < 4.78 is 5.39. The molecule has 1 saturated carbocycles. The second-order valence-electron chi connectivity index (χ2n) is 6.59. The molecular weight excluding hydrogens is 308 g/mol. The van der Waals surface area contributed by atoms with Gasteiger partial charge in [0.25, 0.3) is 0 Å². The lowest BCUT2D eigenvalue weighted by Crippen LogP contribution is -2.47. The number of amides is 2.